The molecule has 0 radical (unpaired) electrons. The van der Waals surface area contributed by atoms with Gasteiger partial charge in [-0.15, -0.1) is 0 Å². The summed E-state index contributed by atoms with van der Waals surface area (Å²) in [6, 6.07) is 6.01. The van der Waals surface area contributed by atoms with Crippen LogP contribution in [0.1, 0.15) is 39.0 Å². The minimum absolute atomic E-state index is 0.395. The second-order valence-electron chi connectivity index (χ2n) is 7.10. The van der Waals surface area contributed by atoms with Crippen molar-refractivity contribution >= 4 is 23.8 Å². The van der Waals surface area contributed by atoms with Crippen molar-refractivity contribution in [3.8, 4) is 11.5 Å². The van der Waals surface area contributed by atoms with Crippen molar-refractivity contribution in [2.45, 2.75) is 44.6 Å². The maximum atomic E-state index is 12.6. The Kier molecular flexibility index (Phi) is 6.76. The van der Waals surface area contributed by atoms with E-state index in [9.17, 15) is 19.2 Å². The first kappa shape index (κ1) is 21.4. The number of rotatable bonds is 8. The normalized spacial score (nSPS) is 17.4. The van der Waals surface area contributed by atoms with E-state index >= 15 is 0 Å². The van der Waals surface area contributed by atoms with Crippen LogP contribution in [0.2, 0.25) is 0 Å². The number of hydrogen-bond acceptors (Lipinski definition) is 7. The fourth-order valence-electron chi connectivity index (χ4n) is 3.50. The molecule has 162 valence electrons. The van der Waals surface area contributed by atoms with E-state index in [4.69, 9.17) is 14.2 Å². The highest BCUT2D eigenvalue weighted by molar-refractivity contribution is 6.08. The van der Waals surface area contributed by atoms with Gasteiger partial charge in [0.2, 0.25) is 0 Å². The van der Waals surface area contributed by atoms with Crippen LogP contribution in [-0.2, 0) is 19.1 Å². The number of ether oxygens (including phenoxy) is 3. The Balaban J connectivity index is 1.41. The number of hydrogen-bond donors (Lipinski definition) is 2. The lowest BCUT2D eigenvalue weighted by atomic mass is 9.82. The van der Waals surface area contributed by atoms with Gasteiger partial charge in [0.15, 0.2) is 13.2 Å². The fourth-order valence-corrected chi connectivity index (χ4v) is 3.50. The number of esters is 1. The number of imide groups is 1. The molecule has 1 saturated carbocycles. The number of amides is 4. The zero-order valence-corrected chi connectivity index (χ0v) is 16.8. The molecule has 1 spiro atoms. The molecule has 10 heteroatoms. The SMILES string of the molecule is CCOc1ccc(OCC(=O)OCC(=O)NN2C(=O)NC3(CCCCC3)C2=O)cc1. The number of nitrogens with one attached hydrogen (secondary N) is 2. The summed E-state index contributed by atoms with van der Waals surface area (Å²) in [7, 11) is 0. The molecule has 1 aromatic rings. The second kappa shape index (κ2) is 9.47. The van der Waals surface area contributed by atoms with Crippen molar-refractivity contribution in [1.82, 2.24) is 15.8 Å². The molecule has 2 fully saturated rings. The zero-order chi connectivity index (χ0) is 21.6. The molecule has 0 atom stereocenters. The molecular formula is C20H25N3O7. The first-order valence-electron chi connectivity index (χ1n) is 9.91. The Labute approximate surface area is 173 Å². The number of benzene rings is 1. The Morgan fingerprint density at radius 1 is 1.03 bits per heavy atom. The molecule has 10 nitrogen and oxygen atoms in total. The molecule has 1 aliphatic heterocycles. The lowest BCUT2D eigenvalue weighted by Crippen LogP contribution is -2.51. The maximum absolute atomic E-state index is 12.6. The largest absolute Gasteiger partial charge is 0.494 e. The van der Waals surface area contributed by atoms with Crippen molar-refractivity contribution < 1.29 is 33.4 Å². The molecule has 2 aliphatic rings. The quantitative estimate of drug-likeness (QED) is 0.481. The Morgan fingerprint density at radius 2 is 1.67 bits per heavy atom. The number of nitrogens with zero attached hydrogens (tertiary/aromatic N) is 1. The van der Waals surface area contributed by atoms with E-state index in [2.05, 4.69) is 10.7 Å². The molecule has 4 amide bonds. The molecule has 0 aromatic heterocycles. The van der Waals surface area contributed by atoms with Crippen LogP contribution in [0, 0.1) is 0 Å². The molecule has 1 aromatic carbocycles. The first-order valence-corrected chi connectivity index (χ1v) is 9.91. The van der Waals surface area contributed by atoms with Gasteiger partial charge in [-0.3, -0.25) is 15.0 Å². The smallest absolute Gasteiger partial charge is 0.344 e. The van der Waals surface area contributed by atoms with Crippen molar-refractivity contribution in [2.24, 2.45) is 0 Å². The van der Waals surface area contributed by atoms with Crippen LogP contribution in [0.4, 0.5) is 4.79 Å². The summed E-state index contributed by atoms with van der Waals surface area (Å²) >= 11 is 0. The van der Waals surface area contributed by atoms with E-state index in [1.165, 1.54) is 0 Å². The molecule has 1 saturated heterocycles. The zero-order valence-electron chi connectivity index (χ0n) is 16.8. The highest BCUT2D eigenvalue weighted by atomic mass is 16.6. The van der Waals surface area contributed by atoms with Gasteiger partial charge in [0, 0.05) is 0 Å². The topological polar surface area (TPSA) is 123 Å². The van der Waals surface area contributed by atoms with E-state index in [1.807, 2.05) is 6.92 Å². The van der Waals surface area contributed by atoms with E-state index < -0.39 is 42.6 Å². The van der Waals surface area contributed by atoms with Gasteiger partial charge in [-0.2, -0.15) is 5.01 Å². The average Bonchev–Trinajstić information content (AvgIpc) is 2.96. The standard InChI is InChI=1S/C20H25N3O7/c1-2-28-14-6-8-15(9-7-14)29-13-17(25)30-12-16(24)22-23-18(26)20(21-19(23)27)10-4-3-5-11-20/h6-9H,2-5,10-13H2,1H3,(H,21,27)(H,22,24). The van der Waals surface area contributed by atoms with Gasteiger partial charge in [-0.25, -0.2) is 9.59 Å². The predicted octanol–water partition coefficient (Wildman–Crippen LogP) is 1.29. The molecule has 1 aliphatic carbocycles. The number of hydrazine groups is 1. The monoisotopic (exact) mass is 419 g/mol. The van der Waals surface area contributed by atoms with Crippen molar-refractivity contribution in [3.05, 3.63) is 24.3 Å². The summed E-state index contributed by atoms with van der Waals surface area (Å²) in [5, 5.41) is 3.34. The van der Waals surface area contributed by atoms with Crippen LogP contribution in [0.25, 0.3) is 0 Å². The Bertz CT molecular complexity index is 803. The Morgan fingerprint density at radius 3 is 2.30 bits per heavy atom. The number of carbonyl (C=O) groups excluding carboxylic acids is 4. The van der Waals surface area contributed by atoms with Gasteiger partial charge >= 0.3 is 12.0 Å². The predicted molar refractivity (Wildman–Crippen MR) is 103 cm³/mol. The van der Waals surface area contributed by atoms with E-state index in [0.29, 0.717) is 36.0 Å². The highest BCUT2D eigenvalue weighted by Gasteiger charge is 2.52. The molecule has 3 rings (SSSR count). The molecule has 2 N–H and O–H groups in total. The molecular weight excluding hydrogens is 394 g/mol. The van der Waals surface area contributed by atoms with Gasteiger partial charge in [0.25, 0.3) is 11.8 Å². The summed E-state index contributed by atoms with van der Waals surface area (Å²) in [6.45, 7) is 1.37. The van der Waals surface area contributed by atoms with Gasteiger partial charge < -0.3 is 19.5 Å². The van der Waals surface area contributed by atoms with E-state index in [1.54, 1.807) is 24.3 Å². The van der Waals surface area contributed by atoms with Crippen LogP contribution in [0.3, 0.4) is 0 Å². The van der Waals surface area contributed by atoms with Gasteiger partial charge in [0.1, 0.15) is 17.0 Å². The average molecular weight is 419 g/mol. The van der Waals surface area contributed by atoms with Gasteiger partial charge in [0.05, 0.1) is 6.61 Å². The highest BCUT2D eigenvalue weighted by Crippen LogP contribution is 2.32. The third kappa shape index (κ3) is 5.00. The lowest BCUT2D eigenvalue weighted by molar-refractivity contribution is -0.152. The van der Waals surface area contributed by atoms with Gasteiger partial charge in [-0.05, 0) is 44.0 Å². The fraction of sp³-hybridized carbons (Fsp3) is 0.500. The minimum atomic E-state index is -0.940. The maximum Gasteiger partial charge on any atom is 0.344 e. The van der Waals surface area contributed by atoms with Crippen molar-refractivity contribution in [1.29, 1.82) is 0 Å². The molecule has 1 heterocycles. The van der Waals surface area contributed by atoms with Crippen molar-refractivity contribution in [2.75, 3.05) is 19.8 Å². The first-order chi connectivity index (χ1) is 14.4. The van der Waals surface area contributed by atoms with Gasteiger partial charge in [-0.1, -0.05) is 19.3 Å². The van der Waals surface area contributed by atoms with E-state index in [0.717, 1.165) is 19.3 Å². The van der Waals surface area contributed by atoms with Crippen LogP contribution in [-0.4, -0.2) is 54.2 Å². The van der Waals surface area contributed by atoms with E-state index in [-0.39, 0.29) is 0 Å². The third-order valence-corrected chi connectivity index (χ3v) is 4.96. The summed E-state index contributed by atoms with van der Waals surface area (Å²) < 4.78 is 15.4. The summed E-state index contributed by atoms with van der Waals surface area (Å²) in [4.78, 5) is 48.5. The van der Waals surface area contributed by atoms with Crippen LogP contribution >= 0.6 is 0 Å². The van der Waals surface area contributed by atoms with Crippen molar-refractivity contribution in [3.63, 3.8) is 0 Å². The van der Waals surface area contributed by atoms with Crippen LogP contribution in [0.15, 0.2) is 24.3 Å². The molecule has 0 unspecified atom stereocenters. The third-order valence-electron chi connectivity index (χ3n) is 4.96. The number of carbonyl (C=O) groups is 4. The molecule has 0 bridgehead atoms. The minimum Gasteiger partial charge on any atom is -0.494 e. The number of urea groups is 1. The van der Waals surface area contributed by atoms with Crippen LogP contribution < -0.4 is 20.2 Å². The lowest BCUT2D eigenvalue weighted by Gasteiger charge is -2.30. The van der Waals surface area contributed by atoms with Crippen LogP contribution in [0.5, 0.6) is 11.5 Å². The second-order valence-corrected chi connectivity index (χ2v) is 7.10. The summed E-state index contributed by atoms with van der Waals surface area (Å²) in [5.74, 6) is -0.914. The molecule has 30 heavy (non-hydrogen) atoms. The Hall–Kier alpha value is -3.30. The summed E-state index contributed by atoms with van der Waals surface area (Å²) in [6.07, 6.45) is 3.76. The summed E-state index contributed by atoms with van der Waals surface area (Å²) in [5.41, 5.74) is 1.26.